The van der Waals surface area contributed by atoms with Crippen molar-refractivity contribution in [1.82, 2.24) is 10.3 Å². The monoisotopic (exact) mass is 385 g/mol. The number of hydrogen-bond donors (Lipinski definition) is 1. The fraction of sp³-hybridized carbons (Fsp3) is 0.105. The highest BCUT2D eigenvalue weighted by molar-refractivity contribution is 6.32. The molecule has 0 aliphatic rings. The molecule has 3 rings (SSSR count). The topological polar surface area (TPSA) is 86.5 Å². The Balaban J connectivity index is 1.79. The summed E-state index contributed by atoms with van der Waals surface area (Å²) in [6.45, 7) is 0. The van der Waals surface area contributed by atoms with Crippen LogP contribution in [0, 0.1) is 0 Å². The Hall–Kier alpha value is -3.32. The fourth-order valence-corrected chi connectivity index (χ4v) is 2.58. The van der Waals surface area contributed by atoms with E-state index in [1.54, 1.807) is 43.5 Å². The van der Waals surface area contributed by atoms with E-state index in [4.69, 9.17) is 25.7 Å². The molecule has 8 heteroatoms. The molecule has 3 aromatic rings. The van der Waals surface area contributed by atoms with Crippen LogP contribution < -0.4 is 14.8 Å². The number of halogens is 1. The number of carbonyl (C=O) groups excluding carboxylic acids is 1. The van der Waals surface area contributed by atoms with E-state index in [0.29, 0.717) is 27.8 Å². The van der Waals surface area contributed by atoms with Crippen molar-refractivity contribution in [1.29, 1.82) is 0 Å². The van der Waals surface area contributed by atoms with Crippen LogP contribution in [0.3, 0.4) is 0 Å². The lowest BCUT2D eigenvalue weighted by Gasteiger charge is -2.08. The third kappa shape index (κ3) is 4.27. The summed E-state index contributed by atoms with van der Waals surface area (Å²) in [5, 5.41) is 10.8. The maximum absolute atomic E-state index is 12.2. The molecule has 1 aromatic heterocycles. The van der Waals surface area contributed by atoms with Crippen LogP contribution in [0.4, 0.5) is 5.82 Å². The largest absolute Gasteiger partial charge is 0.493 e. The van der Waals surface area contributed by atoms with Gasteiger partial charge in [-0.05, 0) is 46.2 Å². The van der Waals surface area contributed by atoms with Gasteiger partial charge in [-0.3, -0.25) is 4.79 Å². The molecule has 0 aliphatic heterocycles. The van der Waals surface area contributed by atoms with Crippen LogP contribution in [-0.4, -0.2) is 30.4 Å². The Labute approximate surface area is 160 Å². The van der Waals surface area contributed by atoms with Crippen LogP contribution in [0.15, 0.2) is 53.2 Å². The van der Waals surface area contributed by atoms with Gasteiger partial charge >= 0.3 is 0 Å². The molecule has 7 nitrogen and oxygen atoms in total. The molecule has 0 radical (unpaired) electrons. The Morgan fingerprint density at radius 2 is 1.89 bits per heavy atom. The summed E-state index contributed by atoms with van der Waals surface area (Å²) in [6, 6.07) is 12.4. The van der Waals surface area contributed by atoms with Gasteiger partial charge < -0.3 is 14.8 Å². The van der Waals surface area contributed by atoms with Crippen LogP contribution in [0.5, 0.6) is 11.5 Å². The smallest absolute Gasteiger partial charge is 0.249 e. The molecule has 1 N–H and O–H groups in total. The Kier molecular flexibility index (Phi) is 5.73. The maximum atomic E-state index is 12.2. The zero-order valence-electron chi connectivity index (χ0n) is 14.6. The van der Waals surface area contributed by atoms with Crippen molar-refractivity contribution >= 4 is 29.4 Å². The van der Waals surface area contributed by atoms with Crippen molar-refractivity contribution in [2.75, 3.05) is 19.5 Å². The molecule has 0 unspecified atom stereocenters. The van der Waals surface area contributed by atoms with E-state index in [1.807, 2.05) is 12.1 Å². The van der Waals surface area contributed by atoms with Gasteiger partial charge in [0, 0.05) is 16.7 Å². The Bertz CT molecular complexity index is 985. The standard InChI is InChI=1S/C19H16ClN3O4/c1-25-15-9-7-13(11-16(15)26-2)18-19(23-27-22-18)21-17(24)10-8-12-5-3-4-6-14(12)20/h3-11H,1-2H3,(H,21,23,24). The minimum Gasteiger partial charge on any atom is -0.493 e. The van der Waals surface area contributed by atoms with Crippen LogP contribution in [0.2, 0.25) is 5.02 Å². The highest BCUT2D eigenvalue weighted by Crippen LogP contribution is 2.33. The molecule has 0 aliphatic carbocycles. The lowest BCUT2D eigenvalue weighted by atomic mass is 10.1. The van der Waals surface area contributed by atoms with Crippen LogP contribution in [0.25, 0.3) is 17.3 Å². The summed E-state index contributed by atoms with van der Waals surface area (Å²) in [6.07, 6.45) is 2.97. The molecular weight excluding hydrogens is 370 g/mol. The van der Waals surface area contributed by atoms with E-state index < -0.39 is 5.91 Å². The van der Waals surface area contributed by atoms with Crippen molar-refractivity contribution in [3.8, 4) is 22.8 Å². The average Bonchev–Trinajstić information content (AvgIpc) is 3.14. The van der Waals surface area contributed by atoms with Gasteiger partial charge in [-0.2, -0.15) is 0 Å². The van der Waals surface area contributed by atoms with Crippen molar-refractivity contribution in [3.63, 3.8) is 0 Å². The van der Waals surface area contributed by atoms with Crippen LogP contribution in [-0.2, 0) is 4.79 Å². The highest BCUT2D eigenvalue weighted by Gasteiger charge is 2.16. The van der Waals surface area contributed by atoms with Gasteiger partial charge in [0.05, 0.1) is 14.2 Å². The van der Waals surface area contributed by atoms with E-state index in [9.17, 15) is 4.79 Å². The molecule has 0 spiro atoms. The number of methoxy groups -OCH3 is 2. The molecule has 1 amide bonds. The van der Waals surface area contributed by atoms with Gasteiger partial charge in [0.25, 0.3) is 0 Å². The first-order chi connectivity index (χ1) is 13.1. The molecule has 138 valence electrons. The lowest BCUT2D eigenvalue weighted by Crippen LogP contribution is -2.09. The summed E-state index contributed by atoms with van der Waals surface area (Å²) >= 11 is 6.07. The number of rotatable bonds is 6. The molecule has 0 saturated carbocycles. The summed E-state index contributed by atoms with van der Waals surface area (Å²) in [5.41, 5.74) is 1.75. The number of ether oxygens (including phenoxy) is 2. The molecular formula is C19H16ClN3O4. The van der Waals surface area contributed by atoms with Gasteiger partial charge in [-0.1, -0.05) is 29.8 Å². The average molecular weight is 386 g/mol. The Morgan fingerprint density at radius 1 is 1.11 bits per heavy atom. The lowest BCUT2D eigenvalue weighted by molar-refractivity contribution is -0.111. The first-order valence-corrected chi connectivity index (χ1v) is 8.28. The van der Waals surface area contributed by atoms with Gasteiger partial charge in [0.15, 0.2) is 17.2 Å². The van der Waals surface area contributed by atoms with Gasteiger partial charge in [0.1, 0.15) is 0 Å². The predicted octanol–water partition coefficient (Wildman–Crippen LogP) is 4.06. The second-order valence-corrected chi connectivity index (χ2v) is 5.78. The van der Waals surface area contributed by atoms with Gasteiger partial charge in [-0.15, -0.1) is 0 Å². The second kappa shape index (κ2) is 8.37. The third-order valence-electron chi connectivity index (χ3n) is 3.71. The number of benzene rings is 2. The molecule has 2 aromatic carbocycles. The zero-order valence-corrected chi connectivity index (χ0v) is 15.4. The second-order valence-electron chi connectivity index (χ2n) is 5.38. The van der Waals surface area contributed by atoms with E-state index in [2.05, 4.69) is 15.6 Å². The first-order valence-electron chi connectivity index (χ1n) is 7.91. The summed E-state index contributed by atoms with van der Waals surface area (Å²) < 4.78 is 15.3. The van der Waals surface area contributed by atoms with Crippen molar-refractivity contribution < 1.29 is 18.9 Å². The number of hydrogen-bond acceptors (Lipinski definition) is 6. The number of carbonyl (C=O) groups is 1. The van der Waals surface area contributed by atoms with E-state index in [0.717, 1.165) is 5.56 Å². The van der Waals surface area contributed by atoms with Crippen molar-refractivity contribution in [2.24, 2.45) is 0 Å². The predicted molar refractivity (Wildman–Crippen MR) is 102 cm³/mol. The minimum absolute atomic E-state index is 0.191. The minimum atomic E-state index is -0.396. The molecule has 0 atom stereocenters. The summed E-state index contributed by atoms with van der Waals surface area (Å²) in [7, 11) is 3.08. The van der Waals surface area contributed by atoms with Crippen molar-refractivity contribution in [3.05, 3.63) is 59.1 Å². The number of amides is 1. The number of anilines is 1. The van der Waals surface area contributed by atoms with Crippen LogP contribution in [0.1, 0.15) is 5.56 Å². The molecule has 27 heavy (non-hydrogen) atoms. The molecule has 0 bridgehead atoms. The molecule has 0 saturated heterocycles. The Morgan fingerprint density at radius 3 is 2.63 bits per heavy atom. The SMILES string of the molecule is COc1ccc(-c2nonc2NC(=O)C=Cc2ccccc2Cl)cc1OC. The van der Waals surface area contributed by atoms with Crippen LogP contribution >= 0.6 is 11.6 Å². The first kappa shape index (κ1) is 18.5. The van der Waals surface area contributed by atoms with Gasteiger partial charge in [0.2, 0.25) is 11.7 Å². The van der Waals surface area contributed by atoms with E-state index >= 15 is 0 Å². The maximum Gasteiger partial charge on any atom is 0.249 e. The third-order valence-corrected chi connectivity index (χ3v) is 4.05. The van der Waals surface area contributed by atoms with Gasteiger partial charge in [-0.25, -0.2) is 4.63 Å². The highest BCUT2D eigenvalue weighted by atomic mass is 35.5. The summed E-state index contributed by atoms with van der Waals surface area (Å²) in [5.74, 6) is 0.892. The quantitative estimate of drug-likeness (QED) is 0.644. The fourth-order valence-electron chi connectivity index (χ4n) is 2.38. The van der Waals surface area contributed by atoms with E-state index in [1.165, 1.54) is 13.2 Å². The number of nitrogens with zero attached hydrogens (tertiary/aromatic N) is 2. The van der Waals surface area contributed by atoms with Crippen molar-refractivity contribution in [2.45, 2.75) is 0 Å². The molecule has 0 fully saturated rings. The number of aromatic nitrogens is 2. The summed E-state index contributed by atoms with van der Waals surface area (Å²) in [4.78, 5) is 12.2. The molecule has 1 heterocycles. The zero-order chi connectivity index (χ0) is 19.2. The number of nitrogens with one attached hydrogen (secondary N) is 1. The van der Waals surface area contributed by atoms with E-state index in [-0.39, 0.29) is 5.82 Å². The normalized spacial score (nSPS) is 10.8.